The first-order chi connectivity index (χ1) is 4.27. The van der Waals surface area contributed by atoms with Crippen LogP contribution in [0.2, 0.25) is 0 Å². The molecule has 0 unspecified atom stereocenters. The standard InChI is InChI=1S/C7H16NO.CH3/c1-8(7-9-2)5-3-4-6-8;/h3-7H2,1-2H3;1H3/q+1;-1. The molecule has 2 heteroatoms. The molecule has 1 aliphatic rings. The largest absolute Gasteiger partial charge is 0.358 e. The molecule has 0 saturated carbocycles. The number of hydrogen-bond acceptors (Lipinski definition) is 1. The van der Waals surface area contributed by atoms with Crippen LogP contribution in [0.25, 0.3) is 0 Å². The molecule has 2 nitrogen and oxygen atoms in total. The summed E-state index contributed by atoms with van der Waals surface area (Å²) in [6, 6.07) is 0. The van der Waals surface area contributed by atoms with Gasteiger partial charge in [0, 0.05) is 20.0 Å². The second-order valence-corrected chi connectivity index (χ2v) is 3.19. The quantitative estimate of drug-likeness (QED) is 0.420. The van der Waals surface area contributed by atoms with E-state index in [-0.39, 0.29) is 7.43 Å². The summed E-state index contributed by atoms with van der Waals surface area (Å²) in [7, 11) is 4.04. The molecule has 1 heterocycles. The molecular weight excluding hydrogens is 126 g/mol. The lowest BCUT2D eigenvalue weighted by molar-refractivity contribution is -0.916. The van der Waals surface area contributed by atoms with Gasteiger partial charge in [-0.2, -0.15) is 0 Å². The second-order valence-electron chi connectivity index (χ2n) is 3.19. The van der Waals surface area contributed by atoms with E-state index in [1.54, 1.807) is 7.11 Å². The SMILES string of the molecule is COC[N+]1(C)CCCC1.[CH3-]. The van der Waals surface area contributed by atoms with Crippen LogP contribution in [-0.2, 0) is 4.74 Å². The number of likely N-dealkylation sites (tertiary alicyclic amines) is 1. The highest BCUT2D eigenvalue weighted by molar-refractivity contribution is 4.48. The fourth-order valence-electron chi connectivity index (χ4n) is 1.54. The molecule has 0 atom stereocenters. The van der Waals surface area contributed by atoms with Crippen molar-refractivity contribution in [3.05, 3.63) is 7.43 Å². The van der Waals surface area contributed by atoms with Crippen LogP contribution < -0.4 is 0 Å². The monoisotopic (exact) mass is 145 g/mol. The van der Waals surface area contributed by atoms with E-state index in [1.165, 1.54) is 25.9 Å². The Hall–Kier alpha value is -0.0800. The third-order valence-corrected chi connectivity index (χ3v) is 2.09. The Balaban J connectivity index is 0.000000810. The predicted molar refractivity (Wildman–Crippen MR) is 43.4 cm³/mol. The van der Waals surface area contributed by atoms with Gasteiger partial charge in [0.1, 0.15) is 0 Å². The normalized spacial score (nSPS) is 22.2. The van der Waals surface area contributed by atoms with E-state index in [0.717, 1.165) is 11.2 Å². The second kappa shape index (κ2) is 3.94. The summed E-state index contributed by atoms with van der Waals surface area (Å²) in [4.78, 5) is 0. The minimum absolute atomic E-state index is 0. The lowest BCUT2D eigenvalue weighted by Crippen LogP contribution is -2.42. The first-order valence-corrected chi connectivity index (χ1v) is 3.59. The van der Waals surface area contributed by atoms with Gasteiger partial charge in [0.2, 0.25) is 0 Å². The van der Waals surface area contributed by atoms with Gasteiger partial charge in [-0.15, -0.1) is 0 Å². The third kappa shape index (κ3) is 2.27. The molecule has 0 aromatic carbocycles. The number of quaternary nitrogens is 1. The van der Waals surface area contributed by atoms with Crippen molar-refractivity contribution in [2.45, 2.75) is 12.8 Å². The average molecular weight is 145 g/mol. The van der Waals surface area contributed by atoms with Gasteiger partial charge in [-0.1, -0.05) is 0 Å². The van der Waals surface area contributed by atoms with Crippen LogP contribution in [0, 0.1) is 7.43 Å². The number of methoxy groups -OCH3 is 1. The highest BCUT2D eigenvalue weighted by Crippen LogP contribution is 2.14. The molecule has 0 aromatic heterocycles. The Bertz CT molecular complexity index is 87.3. The molecular formula is C8H19NO. The summed E-state index contributed by atoms with van der Waals surface area (Å²) >= 11 is 0. The van der Waals surface area contributed by atoms with Gasteiger partial charge < -0.3 is 16.6 Å². The van der Waals surface area contributed by atoms with Crippen LogP contribution in [-0.4, -0.2) is 38.5 Å². The van der Waals surface area contributed by atoms with Gasteiger partial charge in [0.25, 0.3) is 0 Å². The lowest BCUT2D eigenvalue weighted by atomic mass is 10.4. The Morgan fingerprint density at radius 2 is 1.80 bits per heavy atom. The molecule has 0 N–H and O–H groups in total. The van der Waals surface area contributed by atoms with Gasteiger partial charge in [-0.05, 0) is 0 Å². The number of ether oxygens (including phenoxy) is 1. The van der Waals surface area contributed by atoms with Gasteiger partial charge in [-0.25, -0.2) is 0 Å². The zero-order chi connectivity index (χ0) is 6.74. The van der Waals surface area contributed by atoms with Crippen LogP contribution in [0.1, 0.15) is 12.8 Å². The molecule has 1 fully saturated rings. The van der Waals surface area contributed by atoms with Crippen molar-refractivity contribution < 1.29 is 9.22 Å². The summed E-state index contributed by atoms with van der Waals surface area (Å²) in [6.07, 6.45) is 2.75. The van der Waals surface area contributed by atoms with Crippen LogP contribution in [0.3, 0.4) is 0 Å². The van der Waals surface area contributed by atoms with Crippen LogP contribution in [0.4, 0.5) is 0 Å². The molecule has 1 saturated heterocycles. The van der Waals surface area contributed by atoms with Crippen LogP contribution in [0.15, 0.2) is 0 Å². The van der Waals surface area contributed by atoms with Gasteiger partial charge in [0.15, 0.2) is 6.73 Å². The van der Waals surface area contributed by atoms with Gasteiger partial charge in [0.05, 0.1) is 20.1 Å². The molecule has 0 radical (unpaired) electrons. The highest BCUT2D eigenvalue weighted by atomic mass is 16.5. The molecule has 62 valence electrons. The lowest BCUT2D eigenvalue weighted by Gasteiger charge is -2.27. The number of nitrogens with zero attached hydrogens (tertiary/aromatic N) is 1. The van der Waals surface area contributed by atoms with Crippen LogP contribution >= 0.6 is 0 Å². The minimum atomic E-state index is 0. The average Bonchev–Trinajstić information content (AvgIpc) is 2.16. The smallest absolute Gasteiger partial charge is 0.182 e. The van der Waals surface area contributed by atoms with E-state index >= 15 is 0 Å². The zero-order valence-electron chi connectivity index (χ0n) is 7.39. The van der Waals surface area contributed by atoms with Crippen molar-refractivity contribution in [3.63, 3.8) is 0 Å². The molecule has 1 rings (SSSR count). The third-order valence-electron chi connectivity index (χ3n) is 2.09. The predicted octanol–water partition coefficient (Wildman–Crippen LogP) is 1.28. The van der Waals surface area contributed by atoms with E-state index in [2.05, 4.69) is 7.05 Å². The first-order valence-electron chi connectivity index (χ1n) is 3.59. The number of rotatable bonds is 2. The van der Waals surface area contributed by atoms with Crippen molar-refractivity contribution in [2.75, 3.05) is 34.0 Å². The van der Waals surface area contributed by atoms with Crippen molar-refractivity contribution in [3.8, 4) is 0 Å². The number of hydrogen-bond donors (Lipinski definition) is 0. The fourth-order valence-corrected chi connectivity index (χ4v) is 1.54. The van der Waals surface area contributed by atoms with Crippen molar-refractivity contribution in [1.82, 2.24) is 0 Å². The maximum absolute atomic E-state index is 5.10. The van der Waals surface area contributed by atoms with Crippen molar-refractivity contribution in [2.24, 2.45) is 0 Å². The van der Waals surface area contributed by atoms with E-state index in [4.69, 9.17) is 4.74 Å². The minimum Gasteiger partial charge on any atom is -0.358 e. The topological polar surface area (TPSA) is 9.23 Å². The summed E-state index contributed by atoms with van der Waals surface area (Å²) in [6.45, 7) is 3.49. The molecule has 0 bridgehead atoms. The molecule has 0 amide bonds. The summed E-state index contributed by atoms with van der Waals surface area (Å²) in [5.41, 5.74) is 0. The summed E-state index contributed by atoms with van der Waals surface area (Å²) < 4.78 is 6.22. The zero-order valence-corrected chi connectivity index (χ0v) is 7.39. The van der Waals surface area contributed by atoms with E-state index in [9.17, 15) is 0 Å². The molecule has 10 heavy (non-hydrogen) atoms. The first kappa shape index (κ1) is 9.92. The molecule has 0 spiro atoms. The van der Waals surface area contributed by atoms with Crippen molar-refractivity contribution >= 4 is 0 Å². The molecule has 0 aromatic rings. The molecule has 0 aliphatic carbocycles. The van der Waals surface area contributed by atoms with E-state index in [1.807, 2.05) is 0 Å². The maximum Gasteiger partial charge on any atom is 0.182 e. The fraction of sp³-hybridized carbons (Fsp3) is 0.875. The van der Waals surface area contributed by atoms with Crippen LogP contribution in [0.5, 0.6) is 0 Å². The van der Waals surface area contributed by atoms with E-state index < -0.39 is 0 Å². The Morgan fingerprint density at radius 3 is 2.20 bits per heavy atom. The Morgan fingerprint density at radius 1 is 1.30 bits per heavy atom. The molecule has 1 aliphatic heterocycles. The van der Waals surface area contributed by atoms with Gasteiger partial charge in [-0.3, -0.25) is 0 Å². The summed E-state index contributed by atoms with van der Waals surface area (Å²) in [5.74, 6) is 0. The summed E-state index contributed by atoms with van der Waals surface area (Å²) in [5, 5.41) is 0. The van der Waals surface area contributed by atoms with Gasteiger partial charge >= 0.3 is 0 Å². The maximum atomic E-state index is 5.10. The Labute approximate surface area is 64.4 Å². The van der Waals surface area contributed by atoms with Crippen molar-refractivity contribution in [1.29, 1.82) is 0 Å². The van der Waals surface area contributed by atoms with E-state index in [0.29, 0.717) is 0 Å². The highest BCUT2D eigenvalue weighted by Gasteiger charge is 2.25. The Kier molecular flexibility index (Phi) is 3.91.